The molecule has 0 aliphatic rings. The van der Waals surface area contributed by atoms with Gasteiger partial charge < -0.3 is 34.9 Å². The summed E-state index contributed by atoms with van der Waals surface area (Å²) in [6.07, 6.45) is 11.2. The van der Waals surface area contributed by atoms with Crippen molar-refractivity contribution in [3.05, 3.63) is 0 Å². The van der Waals surface area contributed by atoms with Gasteiger partial charge >= 0.3 is 12.1 Å². The van der Waals surface area contributed by atoms with Crippen LogP contribution in [0.1, 0.15) is 110 Å². The van der Waals surface area contributed by atoms with Crippen molar-refractivity contribution in [3.8, 4) is 0 Å². The maximum absolute atomic E-state index is 11.8. The summed E-state index contributed by atoms with van der Waals surface area (Å²) in [7, 11) is 0. The molecule has 0 spiro atoms. The summed E-state index contributed by atoms with van der Waals surface area (Å²) in [4.78, 5) is 34.0. The van der Waals surface area contributed by atoms with Crippen molar-refractivity contribution in [1.29, 1.82) is 0 Å². The maximum atomic E-state index is 11.8. The van der Waals surface area contributed by atoms with Gasteiger partial charge in [0.1, 0.15) is 11.9 Å². The molecule has 0 aromatic carbocycles. The number of hydrogen-bond donors (Lipinski definition) is 4. The molecule has 1 amide bonds. The molecule has 4 N–H and O–H groups in total. The standard InChI is InChI=1S/C25H47NO8/c1-3-4-5-6-7-8-9-10-11-12-13-14-15-22(29)24(31)21(18-27)26-25(32)34-19-33-23(30)17-16-20(2)28/h21-22,24,27,29,31H,3-19H2,1-2H3,(H,26,32). The lowest BCUT2D eigenvalue weighted by molar-refractivity contribution is -0.152. The van der Waals surface area contributed by atoms with Crippen molar-refractivity contribution in [1.82, 2.24) is 5.32 Å². The van der Waals surface area contributed by atoms with Crippen LogP contribution < -0.4 is 5.32 Å². The lowest BCUT2D eigenvalue weighted by atomic mass is 9.99. The van der Waals surface area contributed by atoms with E-state index in [1.54, 1.807) is 0 Å². The Hall–Kier alpha value is -1.71. The molecule has 0 fully saturated rings. The van der Waals surface area contributed by atoms with Crippen molar-refractivity contribution >= 4 is 17.8 Å². The highest BCUT2D eigenvalue weighted by atomic mass is 16.7. The summed E-state index contributed by atoms with van der Waals surface area (Å²) < 4.78 is 9.34. The number of alkyl carbamates (subject to hydrolysis) is 1. The molecule has 0 bridgehead atoms. The number of ether oxygens (including phenoxy) is 2. The van der Waals surface area contributed by atoms with Crippen molar-refractivity contribution in [2.45, 2.75) is 128 Å². The molecule has 0 rings (SSSR count). The van der Waals surface area contributed by atoms with Crippen LogP contribution >= 0.6 is 0 Å². The van der Waals surface area contributed by atoms with Gasteiger partial charge in [-0.25, -0.2) is 4.79 Å². The third kappa shape index (κ3) is 18.7. The van der Waals surface area contributed by atoms with Crippen molar-refractivity contribution in [2.75, 3.05) is 13.4 Å². The van der Waals surface area contributed by atoms with E-state index in [1.165, 1.54) is 64.7 Å². The zero-order valence-electron chi connectivity index (χ0n) is 21.1. The molecule has 34 heavy (non-hydrogen) atoms. The molecule has 0 heterocycles. The number of aliphatic hydroxyl groups is 3. The van der Waals surface area contributed by atoms with Gasteiger partial charge in [-0.2, -0.15) is 0 Å². The summed E-state index contributed by atoms with van der Waals surface area (Å²) in [6.45, 7) is 2.33. The first-order chi connectivity index (χ1) is 16.3. The number of hydrogen-bond acceptors (Lipinski definition) is 8. The molecular weight excluding hydrogens is 442 g/mol. The first-order valence-corrected chi connectivity index (χ1v) is 12.9. The lowest BCUT2D eigenvalue weighted by Crippen LogP contribution is -2.50. The van der Waals surface area contributed by atoms with Crippen LogP contribution in [0.15, 0.2) is 0 Å². The minimum Gasteiger partial charge on any atom is -0.428 e. The highest BCUT2D eigenvalue weighted by molar-refractivity contribution is 5.81. The van der Waals surface area contributed by atoms with E-state index in [-0.39, 0.29) is 18.6 Å². The molecule has 0 saturated carbocycles. The number of ketones is 1. The van der Waals surface area contributed by atoms with E-state index < -0.39 is 43.7 Å². The SMILES string of the molecule is CCCCCCCCCCCCCCC(O)C(O)C(CO)NC(=O)OCOC(=O)CCC(C)=O. The summed E-state index contributed by atoms with van der Waals surface area (Å²) >= 11 is 0. The van der Waals surface area contributed by atoms with Crippen LogP contribution in [0.3, 0.4) is 0 Å². The molecule has 9 heteroatoms. The van der Waals surface area contributed by atoms with Crippen LogP contribution in [0.5, 0.6) is 0 Å². The largest absolute Gasteiger partial charge is 0.428 e. The van der Waals surface area contributed by atoms with E-state index in [4.69, 9.17) is 0 Å². The fourth-order valence-corrected chi connectivity index (χ4v) is 3.56. The number of esters is 1. The Labute approximate surface area is 204 Å². The van der Waals surface area contributed by atoms with Crippen LogP contribution in [0.4, 0.5) is 4.79 Å². The predicted octanol–water partition coefficient (Wildman–Crippen LogP) is 3.76. The molecular formula is C25H47NO8. The second-order valence-electron chi connectivity index (χ2n) is 8.94. The molecule has 0 aliphatic heterocycles. The Bertz CT molecular complexity index is 543. The van der Waals surface area contributed by atoms with Crippen LogP contribution in [0.25, 0.3) is 0 Å². The van der Waals surface area contributed by atoms with Gasteiger partial charge in [0.2, 0.25) is 6.79 Å². The van der Waals surface area contributed by atoms with Gasteiger partial charge in [0.25, 0.3) is 0 Å². The monoisotopic (exact) mass is 489 g/mol. The zero-order chi connectivity index (χ0) is 25.6. The van der Waals surface area contributed by atoms with Gasteiger partial charge in [0, 0.05) is 6.42 Å². The fourth-order valence-electron chi connectivity index (χ4n) is 3.56. The Balaban J connectivity index is 3.89. The van der Waals surface area contributed by atoms with Crippen LogP contribution in [0.2, 0.25) is 0 Å². The average molecular weight is 490 g/mol. The first kappa shape index (κ1) is 32.3. The first-order valence-electron chi connectivity index (χ1n) is 12.9. The highest BCUT2D eigenvalue weighted by Crippen LogP contribution is 2.14. The van der Waals surface area contributed by atoms with Gasteiger partial charge in [-0.05, 0) is 13.3 Å². The molecule has 200 valence electrons. The molecule has 0 aliphatic carbocycles. The van der Waals surface area contributed by atoms with E-state index in [0.29, 0.717) is 6.42 Å². The van der Waals surface area contributed by atoms with E-state index in [1.807, 2.05) is 0 Å². The van der Waals surface area contributed by atoms with Crippen molar-refractivity contribution in [3.63, 3.8) is 0 Å². The van der Waals surface area contributed by atoms with Gasteiger partial charge in [-0.15, -0.1) is 0 Å². The summed E-state index contributed by atoms with van der Waals surface area (Å²) in [5, 5.41) is 32.1. The average Bonchev–Trinajstić information content (AvgIpc) is 2.81. The quantitative estimate of drug-likeness (QED) is 0.102. The van der Waals surface area contributed by atoms with Crippen LogP contribution in [-0.2, 0) is 19.1 Å². The Morgan fingerprint density at radius 1 is 0.794 bits per heavy atom. The van der Waals surface area contributed by atoms with Gasteiger partial charge in [0.05, 0.1) is 25.2 Å². The number of unbranched alkanes of at least 4 members (excludes halogenated alkanes) is 11. The topological polar surface area (TPSA) is 142 Å². The molecule has 0 saturated heterocycles. The Morgan fingerprint density at radius 3 is 1.82 bits per heavy atom. The van der Waals surface area contributed by atoms with E-state index in [2.05, 4.69) is 21.7 Å². The smallest absolute Gasteiger partial charge is 0.410 e. The maximum Gasteiger partial charge on any atom is 0.410 e. The number of rotatable bonds is 22. The summed E-state index contributed by atoms with van der Waals surface area (Å²) in [6, 6.07) is -1.12. The summed E-state index contributed by atoms with van der Waals surface area (Å²) in [5.74, 6) is -0.836. The molecule has 0 aromatic heterocycles. The highest BCUT2D eigenvalue weighted by Gasteiger charge is 2.27. The Morgan fingerprint density at radius 2 is 1.32 bits per heavy atom. The number of carbonyl (C=O) groups is 3. The third-order valence-corrected chi connectivity index (χ3v) is 5.75. The normalized spacial score (nSPS) is 13.7. The van der Waals surface area contributed by atoms with Gasteiger partial charge in [0.15, 0.2) is 0 Å². The zero-order valence-corrected chi connectivity index (χ0v) is 21.1. The number of aliphatic hydroxyl groups excluding tert-OH is 3. The summed E-state index contributed by atoms with van der Waals surface area (Å²) in [5.41, 5.74) is 0. The third-order valence-electron chi connectivity index (χ3n) is 5.75. The fraction of sp³-hybridized carbons (Fsp3) is 0.880. The lowest BCUT2D eigenvalue weighted by Gasteiger charge is -2.26. The molecule has 3 unspecified atom stereocenters. The predicted molar refractivity (Wildman–Crippen MR) is 129 cm³/mol. The number of nitrogens with one attached hydrogen (secondary N) is 1. The van der Waals surface area contributed by atoms with Crippen molar-refractivity contribution < 1.29 is 39.2 Å². The minimum atomic E-state index is -1.36. The molecule has 0 aromatic rings. The molecule has 3 atom stereocenters. The minimum absolute atomic E-state index is 0.0426. The molecule has 0 radical (unpaired) electrons. The number of amides is 1. The van der Waals surface area contributed by atoms with Crippen LogP contribution in [-0.4, -0.2) is 64.8 Å². The van der Waals surface area contributed by atoms with E-state index in [9.17, 15) is 29.7 Å². The second-order valence-corrected chi connectivity index (χ2v) is 8.94. The second kappa shape index (κ2) is 21.8. The molecule has 9 nitrogen and oxygen atoms in total. The number of carbonyl (C=O) groups excluding carboxylic acids is 3. The van der Waals surface area contributed by atoms with Crippen LogP contribution in [0, 0.1) is 0 Å². The van der Waals surface area contributed by atoms with Gasteiger partial charge in [-0.3, -0.25) is 4.79 Å². The Kier molecular flexibility index (Phi) is 20.7. The van der Waals surface area contributed by atoms with Gasteiger partial charge in [-0.1, -0.05) is 84.0 Å². The van der Waals surface area contributed by atoms with E-state index >= 15 is 0 Å². The van der Waals surface area contributed by atoms with E-state index in [0.717, 1.165) is 19.3 Å². The van der Waals surface area contributed by atoms with Crippen molar-refractivity contribution in [2.24, 2.45) is 0 Å². The number of Topliss-reactive ketones (excluding diaryl/α,β-unsaturated/α-hetero) is 1.